The Bertz CT molecular complexity index is 1800. The lowest BCUT2D eigenvalue weighted by Gasteiger charge is -2.30. The number of terminal acetylenes is 1. The van der Waals surface area contributed by atoms with Crippen molar-refractivity contribution in [1.29, 1.82) is 0 Å². The molecule has 2 aromatic carbocycles. The maximum atomic E-state index is 16.2. The normalized spacial score (nSPS) is 18.4. The molecular formula is C30H24F4N4O4. The molecule has 4 aromatic rings. The Balaban J connectivity index is 1.44. The first kappa shape index (κ1) is 27.7. The van der Waals surface area contributed by atoms with Crippen LogP contribution in [0.5, 0.6) is 17.6 Å². The smallest absolute Gasteiger partial charge is 0.320 e. The summed E-state index contributed by atoms with van der Waals surface area (Å²) in [4.78, 5) is 14.3. The van der Waals surface area contributed by atoms with Crippen molar-refractivity contribution in [3.05, 3.63) is 59.3 Å². The van der Waals surface area contributed by atoms with Crippen LogP contribution in [0.2, 0.25) is 0 Å². The average Bonchev–Trinajstić information content (AvgIpc) is 3.53. The quantitative estimate of drug-likeness (QED) is 0.173. The van der Waals surface area contributed by atoms with E-state index in [1.165, 1.54) is 31.5 Å². The molecule has 0 bridgehead atoms. The Morgan fingerprint density at radius 2 is 2.02 bits per heavy atom. The maximum Gasteiger partial charge on any atom is 0.320 e. The second-order valence-electron chi connectivity index (χ2n) is 10.3. The molecule has 2 aromatic heterocycles. The van der Waals surface area contributed by atoms with Crippen LogP contribution in [0.1, 0.15) is 24.8 Å². The summed E-state index contributed by atoms with van der Waals surface area (Å²) in [6.07, 6.45) is 6.71. The number of ether oxygens (including phenoxy) is 3. The Labute approximate surface area is 237 Å². The molecule has 2 fully saturated rings. The lowest BCUT2D eigenvalue weighted by Crippen LogP contribution is -2.43. The third-order valence-electron chi connectivity index (χ3n) is 7.83. The summed E-state index contributed by atoms with van der Waals surface area (Å²) >= 11 is 0. The summed E-state index contributed by atoms with van der Waals surface area (Å²) in [5.74, 6) is 0.422. The van der Waals surface area contributed by atoms with Crippen molar-refractivity contribution in [3.63, 3.8) is 0 Å². The maximum absolute atomic E-state index is 16.2. The molecule has 4 heterocycles. The molecule has 0 amide bonds. The third kappa shape index (κ3) is 4.64. The van der Waals surface area contributed by atoms with E-state index < -0.39 is 29.1 Å². The monoisotopic (exact) mass is 580 g/mol. The zero-order chi connectivity index (χ0) is 29.6. The lowest BCUT2D eigenvalue weighted by molar-refractivity contribution is 0.0512. The molecule has 216 valence electrons. The van der Waals surface area contributed by atoms with Gasteiger partial charge in [-0.3, -0.25) is 9.88 Å². The zero-order valence-corrected chi connectivity index (χ0v) is 22.4. The SMILES string of the molecule is C#Cc1c(F)ccc2cc(OCOC)cc(-c3ncc4c(O)nc(OC[C@@]56CCCN5CC(=C(F)F)C6)nc4c3F)c12. The molecule has 0 unspecified atom stereocenters. The number of hydrogen-bond acceptors (Lipinski definition) is 8. The first-order valence-corrected chi connectivity index (χ1v) is 13.1. The second-order valence-corrected chi connectivity index (χ2v) is 10.3. The number of methoxy groups -OCH3 is 1. The van der Waals surface area contributed by atoms with E-state index in [1.54, 1.807) is 6.07 Å². The Morgan fingerprint density at radius 3 is 2.79 bits per heavy atom. The van der Waals surface area contributed by atoms with Gasteiger partial charge >= 0.3 is 6.01 Å². The van der Waals surface area contributed by atoms with Crippen molar-refractivity contribution in [1.82, 2.24) is 19.9 Å². The summed E-state index contributed by atoms with van der Waals surface area (Å²) in [6, 6.07) is 5.43. The lowest BCUT2D eigenvalue weighted by atomic mass is 9.94. The Morgan fingerprint density at radius 1 is 1.19 bits per heavy atom. The molecule has 1 atom stereocenters. The van der Waals surface area contributed by atoms with Gasteiger partial charge in [0.2, 0.25) is 5.88 Å². The first-order chi connectivity index (χ1) is 20.2. The molecule has 0 aliphatic carbocycles. The van der Waals surface area contributed by atoms with Crippen molar-refractivity contribution in [2.45, 2.75) is 24.8 Å². The molecule has 2 aliphatic heterocycles. The minimum Gasteiger partial charge on any atom is -0.493 e. The number of nitrogens with zero attached hydrogens (tertiary/aromatic N) is 4. The van der Waals surface area contributed by atoms with Crippen LogP contribution in [0, 0.1) is 24.0 Å². The van der Waals surface area contributed by atoms with E-state index >= 15 is 4.39 Å². The van der Waals surface area contributed by atoms with Crippen LogP contribution < -0.4 is 9.47 Å². The van der Waals surface area contributed by atoms with Gasteiger partial charge in [0.05, 0.1) is 16.5 Å². The third-order valence-corrected chi connectivity index (χ3v) is 7.83. The highest BCUT2D eigenvalue weighted by Gasteiger charge is 2.48. The van der Waals surface area contributed by atoms with Crippen molar-refractivity contribution in [2.75, 3.05) is 33.6 Å². The molecule has 8 nitrogen and oxygen atoms in total. The van der Waals surface area contributed by atoms with E-state index in [9.17, 15) is 18.3 Å². The fourth-order valence-electron chi connectivity index (χ4n) is 5.89. The van der Waals surface area contributed by atoms with Gasteiger partial charge in [-0.25, -0.2) is 8.78 Å². The summed E-state index contributed by atoms with van der Waals surface area (Å²) in [5, 5.41) is 11.2. The zero-order valence-electron chi connectivity index (χ0n) is 22.4. The molecule has 42 heavy (non-hydrogen) atoms. The van der Waals surface area contributed by atoms with Gasteiger partial charge in [-0.05, 0) is 49.4 Å². The molecule has 6 rings (SSSR count). The van der Waals surface area contributed by atoms with Crippen LogP contribution in [0.15, 0.2) is 42.1 Å². The van der Waals surface area contributed by atoms with Crippen molar-refractivity contribution in [3.8, 4) is 41.2 Å². The average molecular weight is 581 g/mol. The van der Waals surface area contributed by atoms with Gasteiger partial charge in [-0.2, -0.15) is 18.7 Å². The largest absolute Gasteiger partial charge is 0.493 e. The molecule has 0 radical (unpaired) electrons. The fourth-order valence-corrected chi connectivity index (χ4v) is 5.89. The van der Waals surface area contributed by atoms with Gasteiger partial charge < -0.3 is 19.3 Å². The van der Waals surface area contributed by atoms with Gasteiger partial charge in [0.15, 0.2) is 12.6 Å². The number of hydrogen-bond donors (Lipinski definition) is 1. The highest BCUT2D eigenvalue weighted by atomic mass is 19.3. The minimum absolute atomic E-state index is 0.0252. The predicted octanol–water partition coefficient (Wildman–Crippen LogP) is 5.56. The predicted molar refractivity (Wildman–Crippen MR) is 145 cm³/mol. The molecular weight excluding hydrogens is 556 g/mol. The number of rotatable bonds is 7. The van der Waals surface area contributed by atoms with Crippen molar-refractivity contribution in [2.24, 2.45) is 0 Å². The van der Waals surface area contributed by atoms with E-state index in [0.29, 0.717) is 24.1 Å². The summed E-state index contributed by atoms with van der Waals surface area (Å²) < 4.78 is 74.0. The van der Waals surface area contributed by atoms with Gasteiger partial charge in [0.1, 0.15) is 29.4 Å². The molecule has 12 heteroatoms. The molecule has 1 N–H and O–H groups in total. The van der Waals surface area contributed by atoms with Crippen LogP contribution in [0.4, 0.5) is 17.6 Å². The van der Waals surface area contributed by atoms with Gasteiger partial charge in [-0.15, -0.1) is 6.42 Å². The van der Waals surface area contributed by atoms with Crippen molar-refractivity contribution < 1.29 is 36.9 Å². The fraction of sp³-hybridized carbons (Fsp3) is 0.300. The summed E-state index contributed by atoms with van der Waals surface area (Å²) in [7, 11) is 1.44. The molecule has 2 saturated heterocycles. The van der Waals surface area contributed by atoms with Gasteiger partial charge in [0, 0.05) is 36.4 Å². The second kappa shape index (κ2) is 10.7. The number of pyridine rings is 1. The van der Waals surface area contributed by atoms with E-state index in [1.807, 2.05) is 4.90 Å². The number of aromatic nitrogens is 3. The highest BCUT2D eigenvalue weighted by Crippen LogP contribution is 2.43. The standard InChI is InChI=1S/C30H24F4N4O4/c1-3-19-22(31)6-5-16-9-18(42-15-40-2)10-20(23(16)19)25-24(32)26-21(12-35-25)28(39)37-29(36-26)41-14-30-7-4-8-38(30)13-17(11-30)27(33)34/h1,5-6,9-10,12H,4,7-8,11,13-15H2,2H3,(H,36,37,39)/t30-/m0/s1. The van der Waals surface area contributed by atoms with Gasteiger partial charge in [0.25, 0.3) is 6.08 Å². The van der Waals surface area contributed by atoms with E-state index in [2.05, 4.69) is 20.9 Å². The number of halogens is 4. The topological polar surface area (TPSA) is 89.8 Å². The van der Waals surface area contributed by atoms with E-state index in [0.717, 1.165) is 6.42 Å². The van der Waals surface area contributed by atoms with Crippen LogP contribution in [-0.4, -0.2) is 64.1 Å². The minimum atomic E-state index is -1.69. The number of benzene rings is 2. The summed E-state index contributed by atoms with van der Waals surface area (Å²) in [5.41, 5.74) is -1.09. The van der Waals surface area contributed by atoms with E-state index in [-0.39, 0.29) is 71.1 Å². The van der Waals surface area contributed by atoms with Crippen molar-refractivity contribution >= 4 is 21.7 Å². The Hall–Kier alpha value is -4.47. The Kier molecular flexibility index (Phi) is 7.08. The molecule has 0 saturated carbocycles. The first-order valence-electron chi connectivity index (χ1n) is 13.1. The van der Waals surface area contributed by atoms with Crippen LogP contribution >= 0.6 is 0 Å². The van der Waals surface area contributed by atoms with Gasteiger partial charge in [-0.1, -0.05) is 12.0 Å². The molecule has 0 spiro atoms. The van der Waals surface area contributed by atoms with E-state index in [4.69, 9.17) is 20.6 Å². The highest BCUT2D eigenvalue weighted by molar-refractivity contribution is 6.02. The number of aromatic hydroxyl groups is 1. The molecule has 2 aliphatic rings. The number of fused-ring (bicyclic) bond motifs is 3. The van der Waals surface area contributed by atoms with Crippen LogP contribution in [-0.2, 0) is 4.74 Å². The summed E-state index contributed by atoms with van der Waals surface area (Å²) in [6.45, 7) is 0.676. The van der Waals surface area contributed by atoms with Crippen LogP contribution in [0.25, 0.3) is 32.9 Å². The van der Waals surface area contributed by atoms with Crippen LogP contribution in [0.3, 0.4) is 0 Å².